The van der Waals surface area contributed by atoms with Gasteiger partial charge in [-0.05, 0) is 67.9 Å². The maximum absolute atomic E-state index is 12.6. The van der Waals surface area contributed by atoms with E-state index in [1.807, 2.05) is 55.6 Å². The number of hydrazone groups is 1. The summed E-state index contributed by atoms with van der Waals surface area (Å²) in [6.45, 7) is 4.68. The predicted octanol–water partition coefficient (Wildman–Crippen LogP) is 7.42. The third-order valence-corrected chi connectivity index (χ3v) is 6.33. The number of aromatic nitrogens is 1. The predicted molar refractivity (Wildman–Crippen MR) is 151 cm³/mol. The Morgan fingerprint density at radius 1 is 1.03 bits per heavy atom. The van der Waals surface area contributed by atoms with E-state index in [9.17, 15) is 4.79 Å². The van der Waals surface area contributed by atoms with Crippen LogP contribution in [0.15, 0.2) is 71.1 Å². The van der Waals surface area contributed by atoms with E-state index in [0.29, 0.717) is 45.9 Å². The smallest absolute Gasteiger partial charge is 0.271 e. The van der Waals surface area contributed by atoms with Crippen molar-refractivity contribution < 1.29 is 14.3 Å². The van der Waals surface area contributed by atoms with E-state index >= 15 is 0 Å². The zero-order chi connectivity index (χ0) is 26.2. The minimum Gasteiger partial charge on any atom is -0.490 e. The summed E-state index contributed by atoms with van der Waals surface area (Å²) in [4.78, 5) is 17.2. The number of rotatable bonds is 10. The third-order valence-electron chi connectivity index (χ3n) is 5.04. The van der Waals surface area contributed by atoms with E-state index in [2.05, 4.69) is 20.8 Å². The van der Waals surface area contributed by atoms with Crippen LogP contribution in [0.4, 0.5) is 10.8 Å². The van der Waals surface area contributed by atoms with Crippen molar-refractivity contribution in [1.29, 1.82) is 0 Å². The third kappa shape index (κ3) is 7.01. The molecule has 1 amide bonds. The van der Waals surface area contributed by atoms with E-state index in [1.165, 1.54) is 17.6 Å². The molecule has 4 rings (SSSR count). The second-order valence-electron chi connectivity index (χ2n) is 7.64. The van der Waals surface area contributed by atoms with Gasteiger partial charge < -0.3 is 14.8 Å². The standard InChI is InChI=1S/C27H24Cl2N4O3S/c1-3-35-24-14-17(13-22(29)25(24)36-4-2)15-30-33-26(34)19-7-5-18(6-8-19)23-16-37-27(32-23)31-21-11-9-20(28)10-12-21/h5-16H,3-4H2,1-2H3,(H,31,32)(H,33,34)/b30-15-. The first-order chi connectivity index (χ1) is 18.0. The number of hydrogen-bond acceptors (Lipinski definition) is 7. The average molecular weight is 555 g/mol. The van der Waals surface area contributed by atoms with Gasteiger partial charge in [-0.3, -0.25) is 4.79 Å². The molecule has 0 aliphatic rings. The number of anilines is 2. The van der Waals surface area contributed by atoms with Gasteiger partial charge in [0.05, 0.1) is 30.1 Å². The first-order valence-electron chi connectivity index (χ1n) is 11.5. The van der Waals surface area contributed by atoms with Crippen molar-refractivity contribution in [3.63, 3.8) is 0 Å². The van der Waals surface area contributed by atoms with Crippen LogP contribution in [0.2, 0.25) is 10.0 Å². The second-order valence-corrected chi connectivity index (χ2v) is 9.34. The van der Waals surface area contributed by atoms with Gasteiger partial charge in [-0.15, -0.1) is 11.3 Å². The number of hydrogen-bond donors (Lipinski definition) is 2. The lowest BCUT2D eigenvalue weighted by Gasteiger charge is -2.13. The second kappa shape index (κ2) is 12.6. The molecule has 4 aromatic rings. The van der Waals surface area contributed by atoms with Crippen LogP contribution in [0, 0.1) is 0 Å². The Labute approximate surface area is 229 Å². The van der Waals surface area contributed by atoms with Crippen molar-refractivity contribution in [2.24, 2.45) is 5.10 Å². The molecule has 37 heavy (non-hydrogen) atoms. The van der Waals surface area contributed by atoms with Gasteiger partial charge in [0.15, 0.2) is 16.6 Å². The number of halogens is 2. The van der Waals surface area contributed by atoms with Crippen LogP contribution in [-0.4, -0.2) is 30.3 Å². The Kier molecular flexibility index (Phi) is 9.00. The Hall–Kier alpha value is -3.59. The summed E-state index contributed by atoms with van der Waals surface area (Å²) >= 11 is 13.8. The minimum atomic E-state index is -0.340. The molecule has 0 unspecified atom stereocenters. The fourth-order valence-corrected chi connectivity index (χ4v) is 4.49. The summed E-state index contributed by atoms with van der Waals surface area (Å²) in [5.41, 5.74) is 6.28. The summed E-state index contributed by atoms with van der Waals surface area (Å²) in [7, 11) is 0. The van der Waals surface area contributed by atoms with E-state index in [0.717, 1.165) is 22.1 Å². The molecular formula is C27H24Cl2N4O3S. The molecule has 10 heteroatoms. The van der Waals surface area contributed by atoms with E-state index in [4.69, 9.17) is 32.7 Å². The molecule has 3 aromatic carbocycles. The molecule has 0 saturated heterocycles. The molecule has 0 aliphatic carbocycles. The normalized spacial score (nSPS) is 10.9. The monoisotopic (exact) mass is 554 g/mol. The number of thiazole rings is 1. The fraction of sp³-hybridized carbons (Fsp3) is 0.148. The molecule has 0 fully saturated rings. The highest BCUT2D eigenvalue weighted by molar-refractivity contribution is 7.14. The highest BCUT2D eigenvalue weighted by Gasteiger charge is 2.12. The van der Waals surface area contributed by atoms with Gasteiger partial charge in [-0.25, -0.2) is 10.4 Å². The number of carbonyl (C=O) groups is 1. The molecule has 1 aromatic heterocycles. The van der Waals surface area contributed by atoms with E-state index in [-0.39, 0.29) is 5.91 Å². The van der Waals surface area contributed by atoms with E-state index < -0.39 is 0 Å². The minimum absolute atomic E-state index is 0.340. The van der Waals surface area contributed by atoms with Crippen molar-refractivity contribution in [2.75, 3.05) is 18.5 Å². The zero-order valence-electron chi connectivity index (χ0n) is 20.1. The van der Waals surface area contributed by atoms with Crippen LogP contribution in [0.25, 0.3) is 11.3 Å². The maximum Gasteiger partial charge on any atom is 0.271 e. The SMILES string of the molecule is CCOc1cc(/C=N\NC(=O)c2ccc(-c3csc(Nc4ccc(Cl)cc4)n3)cc2)cc(Cl)c1OCC. The van der Waals surface area contributed by atoms with Gasteiger partial charge in [0, 0.05) is 27.2 Å². The van der Waals surface area contributed by atoms with Gasteiger partial charge in [0.25, 0.3) is 5.91 Å². The van der Waals surface area contributed by atoms with Gasteiger partial charge in [0.1, 0.15) is 0 Å². The van der Waals surface area contributed by atoms with Gasteiger partial charge in [0.2, 0.25) is 0 Å². The van der Waals surface area contributed by atoms with Crippen LogP contribution < -0.4 is 20.2 Å². The molecule has 0 atom stereocenters. The number of nitrogens with one attached hydrogen (secondary N) is 2. The highest BCUT2D eigenvalue weighted by atomic mass is 35.5. The van der Waals surface area contributed by atoms with Gasteiger partial charge in [-0.1, -0.05) is 35.3 Å². The highest BCUT2D eigenvalue weighted by Crippen LogP contribution is 2.36. The largest absolute Gasteiger partial charge is 0.490 e. The summed E-state index contributed by atoms with van der Waals surface area (Å²) in [6.07, 6.45) is 1.50. The van der Waals surface area contributed by atoms with Crippen LogP contribution >= 0.6 is 34.5 Å². The van der Waals surface area contributed by atoms with Crippen molar-refractivity contribution in [2.45, 2.75) is 13.8 Å². The first kappa shape index (κ1) is 26.5. The molecule has 0 radical (unpaired) electrons. The van der Waals surface area contributed by atoms with Crippen LogP contribution in [0.3, 0.4) is 0 Å². The number of carbonyl (C=O) groups excluding carboxylic acids is 1. The van der Waals surface area contributed by atoms with Gasteiger partial charge in [-0.2, -0.15) is 5.10 Å². The Morgan fingerprint density at radius 2 is 1.76 bits per heavy atom. The quantitative estimate of drug-likeness (QED) is 0.157. The topological polar surface area (TPSA) is 84.8 Å². The molecule has 0 bridgehead atoms. The maximum atomic E-state index is 12.6. The molecule has 190 valence electrons. The molecule has 0 aliphatic heterocycles. The van der Waals surface area contributed by atoms with Gasteiger partial charge >= 0.3 is 0 Å². The number of ether oxygens (including phenoxy) is 2. The first-order valence-corrected chi connectivity index (χ1v) is 13.1. The molecule has 0 saturated carbocycles. The molecule has 1 heterocycles. The molecule has 2 N–H and O–H groups in total. The molecule has 7 nitrogen and oxygen atoms in total. The summed E-state index contributed by atoms with van der Waals surface area (Å²) in [5.74, 6) is 0.669. The van der Waals surface area contributed by atoms with E-state index in [1.54, 1.807) is 24.3 Å². The zero-order valence-corrected chi connectivity index (χ0v) is 22.5. The fourth-order valence-electron chi connectivity index (χ4n) is 3.35. The number of nitrogens with zero attached hydrogens (tertiary/aromatic N) is 2. The Morgan fingerprint density at radius 3 is 2.46 bits per heavy atom. The van der Waals surface area contributed by atoms with Crippen molar-refractivity contribution in [3.8, 4) is 22.8 Å². The van der Waals surface area contributed by atoms with Crippen molar-refractivity contribution >= 4 is 57.5 Å². The lowest BCUT2D eigenvalue weighted by molar-refractivity contribution is 0.0955. The summed E-state index contributed by atoms with van der Waals surface area (Å²) in [5, 5.41) is 11.1. The average Bonchev–Trinajstić information content (AvgIpc) is 3.36. The van der Waals surface area contributed by atoms with Crippen molar-refractivity contribution in [1.82, 2.24) is 10.4 Å². The summed E-state index contributed by atoms with van der Waals surface area (Å²) in [6, 6.07) is 18.0. The Bertz CT molecular complexity index is 1390. The number of benzene rings is 3. The molecule has 0 spiro atoms. The van der Waals surface area contributed by atoms with Crippen LogP contribution in [0.1, 0.15) is 29.8 Å². The van der Waals surface area contributed by atoms with Crippen LogP contribution in [-0.2, 0) is 0 Å². The molecular weight excluding hydrogens is 531 g/mol. The number of amides is 1. The van der Waals surface area contributed by atoms with Crippen LogP contribution in [0.5, 0.6) is 11.5 Å². The lowest BCUT2D eigenvalue weighted by Crippen LogP contribution is -2.17. The Balaban J connectivity index is 1.38. The van der Waals surface area contributed by atoms with Crippen molar-refractivity contribution in [3.05, 3.63) is 87.2 Å². The summed E-state index contributed by atoms with van der Waals surface area (Å²) < 4.78 is 11.2. The lowest BCUT2D eigenvalue weighted by atomic mass is 10.1.